The molecular formula is C13H15FN2O3. The van der Waals surface area contributed by atoms with E-state index in [1.807, 2.05) is 4.90 Å². The molecule has 5 nitrogen and oxygen atoms in total. The number of pyridine rings is 1. The van der Waals surface area contributed by atoms with Gasteiger partial charge < -0.3 is 9.64 Å². The van der Waals surface area contributed by atoms with Crippen LogP contribution in [0.1, 0.15) is 23.7 Å². The molecule has 0 radical (unpaired) electrons. The van der Waals surface area contributed by atoms with Crippen molar-refractivity contribution >= 4 is 17.6 Å². The molecule has 1 fully saturated rings. The maximum Gasteiger partial charge on any atom is 0.310 e. The Bertz CT molecular complexity index is 519. The minimum absolute atomic E-state index is 0.0209. The monoisotopic (exact) mass is 266 g/mol. The summed E-state index contributed by atoms with van der Waals surface area (Å²) in [7, 11) is 1.35. The van der Waals surface area contributed by atoms with Gasteiger partial charge in [-0.1, -0.05) is 0 Å². The number of hydrogen-bond donors (Lipinski definition) is 0. The third kappa shape index (κ3) is 2.72. The van der Waals surface area contributed by atoms with E-state index in [2.05, 4.69) is 9.72 Å². The van der Waals surface area contributed by atoms with Gasteiger partial charge >= 0.3 is 5.97 Å². The molecule has 1 aromatic rings. The summed E-state index contributed by atoms with van der Waals surface area (Å²) in [5, 5.41) is 0. The SMILES string of the molecule is COC(=O)[C@H]1CCN(c2ccc(C(C)=O)c(F)n2)C1. The van der Waals surface area contributed by atoms with Crippen molar-refractivity contribution in [2.24, 2.45) is 5.92 Å². The first-order chi connectivity index (χ1) is 9.02. The van der Waals surface area contributed by atoms with E-state index in [9.17, 15) is 14.0 Å². The van der Waals surface area contributed by atoms with Crippen molar-refractivity contribution in [1.29, 1.82) is 0 Å². The van der Waals surface area contributed by atoms with E-state index in [0.717, 1.165) is 0 Å². The van der Waals surface area contributed by atoms with Crippen molar-refractivity contribution in [3.05, 3.63) is 23.6 Å². The summed E-state index contributed by atoms with van der Waals surface area (Å²) < 4.78 is 18.3. The first kappa shape index (κ1) is 13.5. The van der Waals surface area contributed by atoms with Gasteiger partial charge in [-0.2, -0.15) is 4.39 Å². The Balaban J connectivity index is 2.14. The average molecular weight is 266 g/mol. The molecule has 0 unspecified atom stereocenters. The Morgan fingerprint density at radius 2 is 2.21 bits per heavy atom. The highest BCUT2D eigenvalue weighted by Gasteiger charge is 2.30. The van der Waals surface area contributed by atoms with Gasteiger partial charge in [-0.25, -0.2) is 4.98 Å². The predicted octanol–water partition coefficient (Wildman–Crippen LogP) is 1.42. The van der Waals surface area contributed by atoms with Crippen molar-refractivity contribution in [3.63, 3.8) is 0 Å². The van der Waals surface area contributed by atoms with Crippen LogP contribution in [0.4, 0.5) is 10.2 Å². The van der Waals surface area contributed by atoms with E-state index in [1.54, 1.807) is 6.07 Å². The van der Waals surface area contributed by atoms with Gasteiger partial charge in [0.2, 0.25) is 5.95 Å². The van der Waals surface area contributed by atoms with Gasteiger partial charge in [0, 0.05) is 13.1 Å². The van der Waals surface area contributed by atoms with Crippen molar-refractivity contribution in [1.82, 2.24) is 4.98 Å². The normalized spacial score (nSPS) is 18.5. The summed E-state index contributed by atoms with van der Waals surface area (Å²) in [6.45, 7) is 2.37. The molecule has 1 atom stereocenters. The van der Waals surface area contributed by atoms with Crippen LogP contribution in [-0.2, 0) is 9.53 Å². The summed E-state index contributed by atoms with van der Waals surface area (Å²) in [5.41, 5.74) is -0.0209. The lowest BCUT2D eigenvalue weighted by atomic mass is 10.1. The van der Waals surface area contributed by atoms with Gasteiger partial charge in [0.25, 0.3) is 0 Å². The largest absolute Gasteiger partial charge is 0.469 e. The Hall–Kier alpha value is -1.98. The number of nitrogens with zero attached hydrogens (tertiary/aromatic N) is 2. The molecule has 1 aliphatic rings. The number of halogens is 1. The standard InChI is InChI=1S/C13H15FN2O3/c1-8(17)10-3-4-11(15-12(10)14)16-6-5-9(7-16)13(18)19-2/h3-4,9H,5-7H2,1-2H3/t9-/m0/s1. The fourth-order valence-electron chi connectivity index (χ4n) is 2.19. The van der Waals surface area contributed by atoms with E-state index in [-0.39, 0.29) is 23.2 Å². The number of aromatic nitrogens is 1. The molecule has 6 heteroatoms. The minimum atomic E-state index is -0.772. The molecule has 2 heterocycles. The number of ether oxygens (including phenoxy) is 1. The number of anilines is 1. The molecule has 0 spiro atoms. The number of carbonyl (C=O) groups excluding carboxylic acids is 2. The number of hydrogen-bond acceptors (Lipinski definition) is 5. The van der Waals surface area contributed by atoms with Crippen LogP contribution in [0, 0.1) is 11.9 Å². The van der Waals surface area contributed by atoms with Gasteiger partial charge in [-0.3, -0.25) is 9.59 Å². The lowest BCUT2D eigenvalue weighted by molar-refractivity contribution is -0.144. The van der Waals surface area contributed by atoms with E-state index in [0.29, 0.717) is 25.3 Å². The van der Waals surface area contributed by atoms with Crippen LogP contribution in [0.15, 0.2) is 12.1 Å². The highest BCUT2D eigenvalue weighted by atomic mass is 19.1. The lowest BCUT2D eigenvalue weighted by Gasteiger charge is -2.17. The maximum absolute atomic E-state index is 13.6. The van der Waals surface area contributed by atoms with Crippen LogP contribution in [0.5, 0.6) is 0 Å². The van der Waals surface area contributed by atoms with Gasteiger partial charge in [-0.15, -0.1) is 0 Å². The topological polar surface area (TPSA) is 59.5 Å². The molecular weight excluding hydrogens is 251 g/mol. The van der Waals surface area contributed by atoms with Crippen molar-refractivity contribution in [2.45, 2.75) is 13.3 Å². The molecule has 19 heavy (non-hydrogen) atoms. The second kappa shape index (κ2) is 5.34. The first-order valence-electron chi connectivity index (χ1n) is 6.03. The van der Waals surface area contributed by atoms with Gasteiger partial charge in [-0.05, 0) is 25.5 Å². The van der Waals surface area contributed by atoms with E-state index in [1.165, 1.54) is 20.1 Å². The van der Waals surface area contributed by atoms with Gasteiger partial charge in [0.15, 0.2) is 5.78 Å². The number of rotatable bonds is 3. The van der Waals surface area contributed by atoms with E-state index in [4.69, 9.17) is 0 Å². The highest BCUT2D eigenvalue weighted by molar-refractivity contribution is 5.94. The number of esters is 1. The van der Waals surface area contributed by atoms with Crippen LogP contribution < -0.4 is 4.90 Å². The summed E-state index contributed by atoms with van der Waals surface area (Å²) in [6.07, 6.45) is 0.657. The molecule has 1 aromatic heterocycles. The second-order valence-electron chi connectivity index (χ2n) is 4.52. The fourth-order valence-corrected chi connectivity index (χ4v) is 2.19. The van der Waals surface area contributed by atoms with Gasteiger partial charge in [0.1, 0.15) is 5.82 Å². The van der Waals surface area contributed by atoms with Crippen LogP contribution in [0.2, 0.25) is 0 Å². The minimum Gasteiger partial charge on any atom is -0.469 e. The highest BCUT2D eigenvalue weighted by Crippen LogP contribution is 2.23. The molecule has 0 saturated carbocycles. The maximum atomic E-state index is 13.6. The zero-order chi connectivity index (χ0) is 14.0. The van der Waals surface area contributed by atoms with Crippen LogP contribution in [-0.4, -0.2) is 36.9 Å². The van der Waals surface area contributed by atoms with Crippen LogP contribution >= 0.6 is 0 Å². The third-order valence-corrected chi connectivity index (χ3v) is 3.26. The van der Waals surface area contributed by atoms with E-state index < -0.39 is 5.95 Å². The van der Waals surface area contributed by atoms with Crippen molar-refractivity contribution < 1.29 is 18.7 Å². The summed E-state index contributed by atoms with van der Waals surface area (Å²) in [6, 6.07) is 3.02. The number of methoxy groups -OCH3 is 1. The summed E-state index contributed by atoms with van der Waals surface area (Å²) in [4.78, 5) is 28.1. The second-order valence-corrected chi connectivity index (χ2v) is 4.52. The molecule has 102 valence electrons. The molecule has 0 amide bonds. The molecule has 1 aliphatic heterocycles. The Labute approximate surface area is 110 Å². The molecule has 0 N–H and O–H groups in total. The molecule has 0 bridgehead atoms. The lowest BCUT2D eigenvalue weighted by Crippen LogP contribution is -2.24. The smallest absolute Gasteiger partial charge is 0.310 e. The van der Waals surface area contributed by atoms with Crippen molar-refractivity contribution in [2.75, 3.05) is 25.1 Å². The zero-order valence-electron chi connectivity index (χ0n) is 10.9. The van der Waals surface area contributed by atoms with Crippen LogP contribution in [0.3, 0.4) is 0 Å². The zero-order valence-corrected chi connectivity index (χ0v) is 10.9. The molecule has 1 saturated heterocycles. The van der Waals surface area contributed by atoms with Crippen LogP contribution in [0.25, 0.3) is 0 Å². The summed E-state index contributed by atoms with van der Waals surface area (Å²) >= 11 is 0. The third-order valence-electron chi connectivity index (χ3n) is 3.26. The predicted molar refractivity (Wildman–Crippen MR) is 66.5 cm³/mol. The quantitative estimate of drug-likeness (QED) is 0.470. The molecule has 2 rings (SSSR count). The number of Topliss-reactive ketones (excluding diaryl/α,β-unsaturated/α-hetero) is 1. The van der Waals surface area contributed by atoms with Gasteiger partial charge in [0.05, 0.1) is 18.6 Å². The first-order valence-corrected chi connectivity index (χ1v) is 6.03. The summed E-state index contributed by atoms with van der Waals surface area (Å²) in [5.74, 6) is -1.16. The molecule has 0 aliphatic carbocycles. The fraction of sp³-hybridized carbons (Fsp3) is 0.462. The van der Waals surface area contributed by atoms with Crippen molar-refractivity contribution in [3.8, 4) is 0 Å². The Morgan fingerprint density at radius 1 is 1.47 bits per heavy atom. The number of ketones is 1. The van der Waals surface area contributed by atoms with E-state index >= 15 is 0 Å². The number of carbonyl (C=O) groups is 2. The Kier molecular flexibility index (Phi) is 3.78. The molecule has 0 aromatic carbocycles. The average Bonchev–Trinajstić information content (AvgIpc) is 2.86. The Morgan fingerprint density at radius 3 is 2.79 bits per heavy atom.